The molecule has 0 bridgehead atoms. The third-order valence-electron chi connectivity index (χ3n) is 5.28. The van der Waals surface area contributed by atoms with Crippen molar-refractivity contribution in [2.75, 3.05) is 13.1 Å². The first-order valence-electron chi connectivity index (χ1n) is 9.29. The summed E-state index contributed by atoms with van der Waals surface area (Å²) in [6.07, 6.45) is 4.19. The molecule has 0 radical (unpaired) electrons. The highest BCUT2D eigenvalue weighted by Crippen LogP contribution is 2.28. The van der Waals surface area contributed by atoms with E-state index in [1.165, 1.54) is 5.56 Å². The van der Waals surface area contributed by atoms with Gasteiger partial charge in [-0.15, -0.1) is 11.3 Å². The minimum Gasteiger partial charge on any atom is -0.317 e. The Bertz CT molecular complexity index is 1200. The van der Waals surface area contributed by atoms with E-state index in [0.717, 1.165) is 46.7 Å². The molecule has 3 aromatic heterocycles. The second kappa shape index (κ2) is 6.55. The maximum Gasteiger partial charge on any atom is 0.258 e. The Morgan fingerprint density at radius 2 is 1.96 bits per heavy atom. The van der Waals surface area contributed by atoms with Crippen LogP contribution in [-0.2, 0) is 0 Å². The summed E-state index contributed by atoms with van der Waals surface area (Å²) in [5.41, 5.74) is 4.53. The molecule has 4 heterocycles. The predicted molar refractivity (Wildman–Crippen MR) is 110 cm³/mol. The Kier molecular flexibility index (Phi) is 4.02. The van der Waals surface area contributed by atoms with Crippen LogP contribution in [0, 0.1) is 6.92 Å². The number of pyridine rings is 1. The van der Waals surface area contributed by atoms with Crippen molar-refractivity contribution in [1.82, 2.24) is 19.7 Å². The zero-order valence-electron chi connectivity index (χ0n) is 15.1. The van der Waals surface area contributed by atoms with E-state index in [0.29, 0.717) is 17.3 Å². The number of nitrogens with zero attached hydrogens (tertiary/aromatic N) is 3. The van der Waals surface area contributed by atoms with Crippen LogP contribution in [0.1, 0.15) is 29.3 Å². The van der Waals surface area contributed by atoms with Crippen molar-refractivity contribution in [1.29, 1.82) is 0 Å². The summed E-state index contributed by atoms with van der Waals surface area (Å²) in [5.74, 6) is 0.513. The minimum atomic E-state index is -0.0358. The SMILES string of the molecule is Cc1nc2ccc(-c3cc(=O)n4cc(C5CCNCC5)ccc4n3)cc2s1. The van der Waals surface area contributed by atoms with Gasteiger partial charge in [-0.1, -0.05) is 12.1 Å². The standard InChI is InChI=1S/C21H20N4OS/c1-13-23-17-4-2-15(10-19(17)27-13)18-11-21(26)25-12-16(3-5-20(25)24-18)14-6-8-22-9-7-14/h2-5,10-12,14,22H,6-9H2,1H3. The molecule has 0 atom stereocenters. The highest BCUT2D eigenvalue weighted by molar-refractivity contribution is 7.18. The van der Waals surface area contributed by atoms with E-state index < -0.39 is 0 Å². The van der Waals surface area contributed by atoms with Gasteiger partial charge in [-0.05, 0) is 62.5 Å². The van der Waals surface area contributed by atoms with Crippen LogP contribution in [0.2, 0.25) is 0 Å². The maximum absolute atomic E-state index is 12.8. The number of hydrogen-bond acceptors (Lipinski definition) is 5. The van der Waals surface area contributed by atoms with E-state index in [1.54, 1.807) is 21.8 Å². The Morgan fingerprint density at radius 1 is 1.11 bits per heavy atom. The van der Waals surface area contributed by atoms with E-state index in [4.69, 9.17) is 4.98 Å². The van der Waals surface area contributed by atoms with Crippen LogP contribution < -0.4 is 10.9 Å². The molecule has 1 aliphatic heterocycles. The molecule has 0 aliphatic carbocycles. The van der Waals surface area contributed by atoms with E-state index in [-0.39, 0.29) is 5.56 Å². The first-order chi connectivity index (χ1) is 13.2. The highest BCUT2D eigenvalue weighted by atomic mass is 32.1. The quantitative estimate of drug-likeness (QED) is 0.579. The number of benzene rings is 1. The van der Waals surface area contributed by atoms with Crippen LogP contribution in [0.25, 0.3) is 27.1 Å². The number of thiazole rings is 1. The lowest BCUT2D eigenvalue weighted by Crippen LogP contribution is -2.27. The smallest absolute Gasteiger partial charge is 0.258 e. The average molecular weight is 376 g/mol. The van der Waals surface area contributed by atoms with Gasteiger partial charge in [-0.25, -0.2) is 9.97 Å². The summed E-state index contributed by atoms with van der Waals surface area (Å²) in [4.78, 5) is 22.0. The van der Waals surface area contributed by atoms with Crippen LogP contribution >= 0.6 is 11.3 Å². The van der Waals surface area contributed by atoms with Crippen molar-refractivity contribution in [3.8, 4) is 11.3 Å². The number of piperidine rings is 1. The summed E-state index contributed by atoms with van der Waals surface area (Å²) in [5, 5.41) is 4.43. The number of nitrogens with one attached hydrogen (secondary N) is 1. The lowest BCUT2D eigenvalue weighted by atomic mass is 9.91. The number of aromatic nitrogens is 3. The summed E-state index contributed by atoms with van der Waals surface area (Å²) < 4.78 is 2.80. The fourth-order valence-electron chi connectivity index (χ4n) is 3.86. The molecule has 1 aromatic carbocycles. The zero-order chi connectivity index (χ0) is 18.4. The third-order valence-corrected chi connectivity index (χ3v) is 6.22. The Labute approximate surface area is 160 Å². The van der Waals surface area contributed by atoms with Crippen molar-refractivity contribution in [2.45, 2.75) is 25.7 Å². The van der Waals surface area contributed by atoms with Crippen molar-refractivity contribution in [3.63, 3.8) is 0 Å². The summed E-state index contributed by atoms with van der Waals surface area (Å²) in [7, 11) is 0. The fraction of sp³-hybridized carbons (Fsp3) is 0.286. The molecule has 0 unspecified atom stereocenters. The van der Waals surface area contributed by atoms with Crippen LogP contribution in [0.3, 0.4) is 0 Å². The summed E-state index contributed by atoms with van der Waals surface area (Å²) in [6, 6.07) is 11.8. The van der Waals surface area contributed by atoms with Gasteiger partial charge in [0.1, 0.15) is 5.65 Å². The van der Waals surface area contributed by atoms with E-state index in [9.17, 15) is 4.79 Å². The number of fused-ring (bicyclic) bond motifs is 2. The molecule has 0 spiro atoms. The van der Waals surface area contributed by atoms with Crippen molar-refractivity contribution < 1.29 is 0 Å². The molecule has 6 heteroatoms. The summed E-state index contributed by atoms with van der Waals surface area (Å²) in [6.45, 7) is 4.08. The lowest BCUT2D eigenvalue weighted by Gasteiger charge is -2.23. The number of aryl methyl sites for hydroxylation is 1. The fourth-order valence-corrected chi connectivity index (χ4v) is 4.73. The average Bonchev–Trinajstić information content (AvgIpc) is 3.07. The van der Waals surface area contributed by atoms with Gasteiger partial charge in [0.15, 0.2) is 0 Å². The summed E-state index contributed by atoms with van der Waals surface area (Å²) >= 11 is 1.66. The Morgan fingerprint density at radius 3 is 2.81 bits per heavy atom. The van der Waals surface area contributed by atoms with Gasteiger partial charge >= 0.3 is 0 Å². The molecule has 1 saturated heterocycles. The van der Waals surface area contributed by atoms with Gasteiger partial charge in [0.2, 0.25) is 0 Å². The first kappa shape index (κ1) is 16.6. The Balaban J connectivity index is 1.58. The highest BCUT2D eigenvalue weighted by Gasteiger charge is 2.16. The molecule has 0 saturated carbocycles. The molecule has 136 valence electrons. The van der Waals surface area contributed by atoms with Gasteiger partial charge < -0.3 is 5.32 Å². The number of hydrogen-bond donors (Lipinski definition) is 1. The molecule has 27 heavy (non-hydrogen) atoms. The molecular formula is C21H20N4OS. The monoisotopic (exact) mass is 376 g/mol. The minimum absolute atomic E-state index is 0.0358. The topological polar surface area (TPSA) is 59.3 Å². The Hall–Kier alpha value is -2.57. The van der Waals surface area contributed by atoms with Crippen LogP contribution in [-0.4, -0.2) is 27.5 Å². The van der Waals surface area contributed by atoms with E-state index in [1.807, 2.05) is 31.3 Å². The third kappa shape index (κ3) is 3.05. The largest absolute Gasteiger partial charge is 0.317 e. The molecule has 5 nitrogen and oxygen atoms in total. The molecule has 1 fully saturated rings. The van der Waals surface area contributed by atoms with Gasteiger partial charge in [-0.3, -0.25) is 9.20 Å². The van der Waals surface area contributed by atoms with Crippen LogP contribution in [0.4, 0.5) is 0 Å². The molecule has 1 aliphatic rings. The van der Waals surface area contributed by atoms with Gasteiger partial charge in [-0.2, -0.15) is 0 Å². The molecule has 5 rings (SSSR count). The second-order valence-electron chi connectivity index (χ2n) is 7.11. The zero-order valence-corrected chi connectivity index (χ0v) is 15.9. The van der Waals surface area contributed by atoms with Gasteiger partial charge in [0, 0.05) is 17.8 Å². The number of rotatable bonds is 2. The van der Waals surface area contributed by atoms with Crippen LogP contribution in [0.5, 0.6) is 0 Å². The van der Waals surface area contributed by atoms with Crippen LogP contribution in [0.15, 0.2) is 47.4 Å². The van der Waals surface area contributed by atoms with Crippen molar-refractivity contribution in [2.24, 2.45) is 0 Å². The van der Waals surface area contributed by atoms with Crippen molar-refractivity contribution in [3.05, 3.63) is 63.5 Å². The molecule has 1 N–H and O–H groups in total. The molecular weight excluding hydrogens is 356 g/mol. The second-order valence-corrected chi connectivity index (χ2v) is 8.34. The molecule has 0 amide bonds. The van der Waals surface area contributed by atoms with E-state index >= 15 is 0 Å². The van der Waals surface area contributed by atoms with Gasteiger partial charge in [0.25, 0.3) is 5.56 Å². The van der Waals surface area contributed by atoms with E-state index in [2.05, 4.69) is 22.4 Å². The maximum atomic E-state index is 12.8. The lowest BCUT2D eigenvalue weighted by molar-refractivity contribution is 0.459. The molecule has 4 aromatic rings. The predicted octanol–water partition coefficient (Wildman–Crippen LogP) is 3.75. The first-order valence-corrected chi connectivity index (χ1v) is 10.1. The van der Waals surface area contributed by atoms with Crippen molar-refractivity contribution >= 4 is 27.2 Å². The normalized spacial score (nSPS) is 15.6. The van der Waals surface area contributed by atoms with Gasteiger partial charge in [0.05, 0.1) is 20.9 Å².